The summed E-state index contributed by atoms with van der Waals surface area (Å²) in [6, 6.07) is 5.43. The van der Waals surface area contributed by atoms with Gasteiger partial charge in [0.15, 0.2) is 0 Å². The average molecular weight is 270 g/mol. The molecule has 1 heterocycles. The fourth-order valence-electron chi connectivity index (χ4n) is 2.28. The second-order valence-corrected chi connectivity index (χ2v) is 5.12. The Bertz CT molecular complexity index is 462. The van der Waals surface area contributed by atoms with Gasteiger partial charge in [-0.3, -0.25) is 4.79 Å². The van der Waals surface area contributed by atoms with Gasteiger partial charge in [0.25, 0.3) is 5.91 Å². The van der Waals surface area contributed by atoms with Crippen molar-refractivity contribution >= 4 is 21.8 Å². The van der Waals surface area contributed by atoms with Crippen LogP contribution < -0.4 is 5.32 Å². The van der Waals surface area contributed by atoms with Gasteiger partial charge in [0.05, 0.1) is 0 Å². The zero-order valence-electron chi connectivity index (χ0n) is 7.89. The van der Waals surface area contributed by atoms with Crippen LogP contribution in [0.4, 0.5) is 4.39 Å². The molecule has 1 N–H and O–H groups in total. The first kappa shape index (κ1) is 9.33. The molecule has 1 fully saturated rings. The van der Waals surface area contributed by atoms with Crippen LogP contribution in [-0.4, -0.2) is 18.6 Å². The summed E-state index contributed by atoms with van der Waals surface area (Å²) in [5.41, 5.74) is 1.03. The monoisotopic (exact) mass is 269 g/mol. The quantitative estimate of drug-likeness (QED) is 0.769. The van der Waals surface area contributed by atoms with E-state index in [2.05, 4.69) is 21.2 Å². The maximum atomic E-state index is 13.4. The number of hydrogen-bond donors (Lipinski definition) is 1. The van der Waals surface area contributed by atoms with Crippen LogP contribution in [0.3, 0.4) is 0 Å². The van der Waals surface area contributed by atoms with Gasteiger partial charge in [-0.05, 0) is 30.2 Å². The smallest absolute Gasteiger partial charge is 0.251 e. The van der Waals surface area contributed by atoms with E-state index in [1.165, 1.54) is 0 Å². The number of hydrogen-bond acceptors (Lipinski definition) is 1. The summed E-state index contributed by atoms with van der Waals surface area (Å²) in [6.45, 7) is 0.427. The molecular formula is C11H9BrFNO. The van der Waals surface area contributed by atoms with Crippen LogP contribution >= 0.6 is 15.9 Å². The molecule has 3 rings (SSSR count). The molecule has 1 amide bonds. The fraction of sp³-hybridized carbons (Fsp3) is 0.364. The topological polar surface area (TPSA) is 29.1 Å². The van der Waals surface area contributed by atoms with E-state index in [9.17, 15) is 9.18 Å². The lowest BCUT2D eigenvalue weighted by atomic mass is 9.87. The van der Waals surface area contributed by atoms with Gasteiger partial charge in [-0.1, -0.05) is 15.9 Å². The second kappa shape index (κ2) is 2.82. The molecule has 1 spiro atoms. The third kappa shape index (κ3) is 1.17. The summed E-state index contributed by atoms with van der Waals surface area (Å²) >= 11 is 3.36. The Balaban J connectivity index is 2.20. The molecule has 1 aliphatic heterocycles. The van der Waals surface area contributed by atoms with Crippen LogP contribution in [0.25, 0.3) is 0 Å². The van der Waals surface area contributed by atoms with Crippen molar-refractivity contribution in [3.05, 3.63) is 33.8 Å². The van der Waals surface area contributed by atoms with Crippen LogP contribution in [0.2, 0.25) is 0 Å². The van der Waals surface area contributed by atoms with Gasteiger partial charge >= 0.3 is 0 Å². The number of carbonyl (C=O) groups is 1. The number of benzene rings is 1. The summed E-state index contributed by atoms with van der Waals surface area (Å²) in [4.78, 5) is 11.6. The Morgan fingerprint density at radius 3 is 2.93 bits per heavy atom. The second-order valence-electron chi connectivity index (χ2n) is 4.20. The molecule has 1 aliphatic carbocycles. The molecule has 2 aliphatic rings. The van der Waals surface area contributed by atoms with Crippen molar-refractivity contribution in [2.45, 2.75) is 18.0 Å². The molecule has 1 aromatic carbocycles. The number of nitrogens with one attached hydrogen (secondary N) is 1. The highest BCUT2D eigenvalue weighted by Gasteiger charge is 2.59. The minimum atomic E-state index is -0.814. The standard InChI is InChI=1S/C11H9BrFNO/c12-6-1-2-7-8(3-6)11(4-9(11)13)5-14-10(7)15/h1-3,9H,4-5H2,(H,14,15)/t9?,11-/m0/s1. The van der Waals surface area contributed by atoms with Crippen molar-refractivity contribution in [3.63, 3.8) is 0 Å². The summed E-state index contributed by atoms with van der Waals surface area (Å²) < 4.78 is 14.3. The van der Waals surface area contributed by atoms with Gasteiger partial charge in [-0.15, -0.1) is 0 Å². The normalized spacial score (nSPS) is 32.4. The van der Waals surface area contributed by atoms with Gasteiger partial charge in [0.1, 0.15) is 6.17 Å². The number of amides is 1. The minimum Gasteiger partial charge on any atom is -0.351 e. The van der Waals surface area contributed by atoms with Crippen LogP contribution in [0.15, 0.2) is 22.7 Å². The lowest BCUT2D eigenvalue weighted by Crippen LogP contribution is -2.40. The van der Waals surface area contributed by atoms with E-state index in [0.29, 0.717) is 18.5 Å². The molecule has 15 heavy (non-hydrogen) atoms. The van der Waals surface area contributed by atoms with E-state index in [-0.39, 0.29) is 5.91 Å². The Labute approximate surface area is 95.0 Å². The number of rotatable bonds is 0. The summed E-state index contributed by atoms with van der Waals surface area (Å²) in [6.07, 6.45) is -0.289. The van der Waals surface area contributed by atoms with Gasteiger partial charge < -0.3 is 5.32 Å². The molecule has 2 nitrogen and oxygen atoms in total. The van der Waals surface area contributed by atoms with Crippen molar-refractivity contribution in [3.8, 4) is 0 Å². The van der Waals surface area contributed by atoms with E-state index in [1.807, 2.05) is 12.1 Å². The molecule has 0 radical (unpaired) electrons. The van der Waals surface area contributed by atoms with Gasteiger partial charge in [0.2, 0.25) is 0 Å². The van der Waals surface area contributed by atoms with E-state index >= 15 is 0 Å². The number of fused-ring (bicyclic) bond motifs is 2. The molecule has 0 bridgehead atoms. The summed E-state index contributed by atoms with van der Waals surface area (Å²) in [7, 11) is 0. The SMILES string of the molecule is O=C1NC[C@@]2(CC2F)c2cc(Br)ccc21. The van der Waals surface area contributed by atoms with E-state index in [0.717, 1.165) is 10.0 Å². The Morgan fingerprint density at radius 1 is 1.53 bits per heavy atom. The van der Waals surface area contributed by atoms with Crippen LogP contribution in [-0.2, 0) is 5.41 Å². The average Bonchev–Trinajstić information content (AvgIpc) is 2.85. The minimum absolute atomic E-state index is 0.0952. The first-order valence-electron chi connectivity index (χ1n) is 4.86. The predicted octanol–water partition coefficient (Wildman–Crippen LogP) is 2.17. The zero-order valence-corrected chi connectivity index (χ0v) is 9.47. The van der Waals surface area contributed by atoms with E-state index < -0.39 is 11.6 Å². The molecule has 4 heteroatoms. The zero-order chi connectivity index (χ0) is 10.6. The Morgan fingerprint density at radius 2 is 2.27 bits per heavy atom. The van der Waals surface area contributed by atoms with Crippen LogP contribution in [0, 0.1) is 0 Å². The maximum Gasteiger partial charge on any atom is 0.251 e. The molecule has 0 aromatic heterocycles. The largest absolute Gasteiger partial charge is 0.351 e. The van der Waals surface area contributed by atoms with Crippen molar-refractivity contribution in [1.29, 1.82) is 0 Å². The molecule has 1 aromatic rings. The molecule has 2 atom stereocenters. The third-order valence-electron chi connectivity index (χ3n) is 3.31. The Kier molecular flexibility index (Phi) is 1.75. The third-order valence-corrected chi connectivity index (χ3v) is 3.80. The van der Waals surface area contributed by atoms with Crippen molar-refractivity contribution in [1.82, 2.24) is 5.32 Å². The molecule has 1 saturated carbocycles. The molecule has 0 saturated heterocycles. The number of halogens is 2. The van der Waals surface area contributed by atoms with E-state index in [4.69, 9.17) is 0 Å². The molecule has 1 unspecified atom stereocenters. The molecule has 78 valence electrons. The number of alkyl halides is 1. The van der Waals surface area contributed by atoms with Crippen molar-refractivity contribution in [2.24, 2.45) is 0 Å². The van der Waals surface area contributed by atoms with Gasteiger partial charge in [0, 0.05) is 22.0 Å². The van der Waals surface area contributed by atoms with Gasteiger partial charge in [-0.2, -0.15) is 0 Å². The van der Waals surface area contributed by atoms with Crippen molar-refractivity contribution in [2.75, 3.05) is 6.54 Å². The number of carbonyl (C=O) groups excluding carboxylic acids is 1. The summed E-state index contributed by atoms with van der Waals surface area (Å²) in [5.74, 6) is -0.0952. The lowest BCUT2D eigenvalue weighted by molar-refractivity contribution is 0.0935. The highest BCUT2D eigenvalue weighted by Crippen LogP contribution is 2.53. The highest BCUT2D eigenvalue weighted by atomic mass is 79.9. The van der Waals surface area contributed by atoms with Crippen molar-refractivity contribution < 1.29 is 9.18 Å². The molecular weight excluding hydrogens is 261 g/mol. The first-order valence-corrected chi connectivity index (χ1v) is 5.65. The predicted molar refractivity (Wildman–Crippen MR) is 57.7 cm³/mol. The van der Waals surface area contributed by atoms with Crippen LogP contribution in [0.5, 0.6) is 0 Å². The first-order chi connectivity index (χ1) is 7.13. The van der Waals surface area contributed by atoms with Gasteiger partial charge in [-0.25, -0.2) is 4.39 Å². The highest BCUT2D eigenvalue weighted by molar-refractivity contribution is 9.10. The maximum absolute atomic E-state index is 13.4. The summed E-state index contributed by atoms with van der Waals surface area (Å²) in [5, 5.41) is 2.75. The Hall–Kier alpha value is -0.900. The van der Waals surface area contributed by atoms with E-state index in [1.54, 1.807) is 6.07 Å². The fourth-order valence-corrected chi connectivity index (χ4v) is 2.64. The van der Waals surface area contributed by atoms with Crippen LogP contribution in [0.1, 0.15) is 22.3 Å². The lowest BCUT2D eigenvalue weighted by Gasteiger charge is -2.25.